The van der Waals surface area contributed by atoms with Gasteiger partial charge in [0.15, 0.2) is 0 Å². The molecule has 1 aliphatic heterocycles. The molecular weight excluding hydrogens is 298 g/mol. The van der Waals surface area contributed by atoms with Crippen molar-refractivity contribution in [2.45, 2.75) is 50.4 Å². The van der Waals surface area contributed by atoms with Gasteiger partial charge in [-0.15, -0.1) is 0 Å². The van der Waals surface area contributed by atoms with Gasteiger partial charge in [-0.25, -0.2) is 0 Å². The predicted molar refractivity (Wildman–Crippen MR) is 94.7 cm³/mol. The van der Waals surface area contributed by atoms with Crippen molar-refractivity contribution < 1.29 is 4.79 Å². The van der Waals surface area contributed by atoms with Crippen molar-refractivity contribution in [1.82, 2.24) is 15.2 Å². The molecule has 130 valence electrons. The predicted octanol–water partition coefficient (Wildman–Crippen LogP) is 2.74. The fraction of sp³-hybridized carbons (Fsp3) is 0.700. The van der Waals surface area contributed by atoms with Crippen molar-refractivity contribution in [3.63, 3.8) is 0 Å². The van der Waals surface area contributed by atoms with E-state index in [0.29, 0.717) is 5.92 Å². The first-order chi connectivity index (χ1) is 11.8. The molecule has 3 aliphatic rings. The van der Waals surface area contributed by atoms with Crippen LogP contribution in [0.5, 0.6) is 0 Å². The van der Waals surface area contributed by atoms with Crippen LogP contribution in [0.15, 0.2) is 24.5 Å². The summed E-state index contributed by atoms with van der Waals surface area (Å²) in [7, 11) is 0. The molecular formula is C20H29N3O. The van der Waals surface area contributed by atoms with Crippen molar-refractivity contribution in [3.05, 3.63) is 30.1 Å². The minimum absolute atomic E-state index is 0.208. The summed E-state index contributed by atoms with van der Waals surface area (Å²) in [4.78, 5) is 19.3. The zero-order valence-electron chi connectivity index (χ0n) is 14.5. The van der Waals surface area contributed by atoms with E-state index < -0.39 is 0 Å². The molecule has 2 aliphatic carbocycles. The number of pyridine rings is 1. The normalized spacial score (nSPS) is 23.8. The molecule has 0 bridgehead atoms. The second-order valence-corrected chi connectivity index (χ2v) is 8.10. The number of carbonyl (C=O) groups excluding carboxylic acids is 1. The molecule has 3 fully saturated rings. The van der Waals surface area contributed by atoms with Crippen molar-refractivity contribution in [3.8, 4) is 0 Å². The minimum atomic E-state index is -0.278. The molecule has 2 saturated carbocycles. The molecule has 0 aromatic carbocycles. The standard InChI is InChI=1S/C20H29N3O/c24-19(20(8-9-20)18-6-3-10-21-13-18)22-12-17-14-23(15-17)11-7-16-4-1-2-5-16/h3,6,10,13,16-17H,1-2,4-5,7-9,11-12,14-15H2,(H,22,24). The highest BCUT2D eigenvalue weighted by Crippen LogP contribution is 2.48. The summed E-state index contributed by atoms with van der Waals surface area (Å²) >= 11 is 0. The van der Waals surface area contributed by atoms with Crippen molar-refractivity contribution in [2.75, 3.05) is 26.2 Å². The number of carbonyl (C=O) groups is 1. The number of likely N-dealkylation sites (tertiary alicyclic amines) is 1. The van der Waals surface area contributed by atoms with Gasteiger partial charge in [-0.3, -0.25) is 9.78 Å². The average molecular weight is 327 g/mol. The Balaban J connectivity index is 1.17. The zero-order valence-corrected chi connectivity index (χ0v) is 14.5. The van der Waals surface area contributed by atoms with Crippen LogP contribution in [0, 0.1) is 11.8 Å². The van der Waals surface area contributed by atoms with Gasteiger partial charge in [0.05, 0.1) is 5.41 Å². The van der Waals surface area contributed by atoms with E-state index >= 15 is 0 Å². The summed E-state index contributed by atoms with van der Waals surface area (Å²) in [5, 5.41) is 3.21. The third-order valence-electron chi connectivity index (χ3n) is 6.31. The first-order valence-corrected chi connectivity index (χ1v) is 9.67. The minimum Gasteiger partial charge on any atom is -0.355 e. The van der Waals surface area contributed by atoms with Crippen LogP contribution in [-0.2, 0) is 10.2 Å². The monoisotopic (exact) mass is 327 g/mol. The van der Waals surface area contributed by atoms with Gasteiger partial charge in [-0.1, -0.05) is 31.7 Å². The van der Waals surface area contributed by atoms with Gasteiger partial charge in [0.1, 0.15) is 0 Å². The molecule has 4 nitrogen and oxygen atoms in total. The molecule has 1 aromatic rings. The molecule has 1 aromatic heterocycles. The first kappa shape index (κ1) is 16.1. The van der Waals surface area contributed by atoms with Crippen LogP contribution in [0.1, 0.15) is 50.5 Å². The molecule has 4 rings (SSSR count). The van der Waals surface area contributed by atoms with Crippen LogP contribution in [0.25, 0.3) is 0 Å². The highest BCUT2D eigenvalue weighted by atomic mass is 16.2. The number of amides is 1. The maximum Gasteiger partial charge on any atom is 0.230 e. The first-order valence-electron chi connectivity index (χ1n) is 9.67. The Labute approximate surface area is 145 Å². The van der Waals surface area contributed by atoms with E-state index in [-0.39, 0.29) is 11.3 Å². The number of nitrogens with one attached hydrogen (secondary N) is 1. The van der Waals surface area contributed by atoms with E-state index in [2.05, 4.69) is 15.2 Å². The summed E-state index contributed by atoms with van der Waals surface area (Å²) < 4.78 is 0. The lowest BCUT2D eigenvalue weighted by Gasteiger charge is -2.40. The zero-order chi connectivity index (χ0) is 16.4. The quantitative estimate of drug-likeness (QED) is 0.837. The molecule has 1 amide bonds. The Morgan fingerprint density at radius 3 is 2.71 bits per heavy atom. The summed E-state index contributed by atoms with van der Waals surface area (Å²) in [6.07, 6.45) is 12.7. The Bertz CT molecular complexity index is 558. The lowest BCUT2D eigenvalue weighted by molar-refractivity contribution is -0.124. The molecule has 4 heteroatoms. The number of rotatable bonds is 7. The van der Waals surface area contributed by atoms with Crippen LogP contribution in [0.4, 0.5) is 0 Å². The second-order valence-electron chi connectivity index (χ2n) is 8.10. The molecule has 0 atom stereocenters. The van der Waals surface area contributed by atoms with E-state index in [1.54, 1.807) is 6.20 Å². The second kappa shape index (κ2) is 6.83. The van der Waals surface area contributed by atoms with E-state index in [4.69, 9.17) is 0 Å². The van der Waals surface area contributed by atoms with Gasteiger partial charge in [-0.2, -0.15) is 0 Å². The van der Waals surface area contributed by atoms with E-state index in [1.165, 1.54) is 38.6 Å². The summed E-state index contributed by atoms with van der Waals surface area (Å²) in [5.74, 6) is 1.83. The topological polar surface area (TPSA) is 45.2 Å². The molecule has 1 saturated heterocycles. The van der Waals surface area contributed by atoms with Crippen LogP contribution in [-0.4, -0.2) is 42.0 Å². The van der Waals surface area contributed by atoms with E-state index in [9.17, 15) is 4.79 Å². The fourth-order valence-corrected chi connectivity index (χ4v) is 4.48. The largest absolute Gasteiger partial charge is 0.355 e. The van der Waals surface area contributed by atoms with Crippen LogP contribution in [0.3, 0.4) is 0 Å². The maximum absolute atomic E-state index is 12.6. The molecule has 1 N–H and O–H groups in total. The van der Waals surface area contributed by atoms with Crippen LogP contribution in [0.2, 0.25) is 0 Å². The molecule has 0 radical (unpaired) electrons. The number of hydrogen-bond donors (Lipinski definition) is 1. The Morgan fingerprint density at radius 1 is 1.25 bits per heavy atom. The SMILES string of the molecule is O=C(NCC1CN(CCC2CCCC2)C1)C1(c2cccnc2)CC1. The van der Waals surface area contributed by atoms with Gasteiger partial charge < -0.3 is 10.2 Å². The summed E-state index contributed by atoms with van der Waals surface area (Å²) in [5.41, 5.74) is 0.800. The van der Waals surface area contributed by atoms with Crippen molar-refractivity contribution >= 4 is 5.91 Å². The molecule has 2 heterocycles. The Kier molecular flexibility index (Phi) is 4.57. The average Bonchev–Trinajstić information content (AvgIpc) is 3.23. The third kappa shape index (κ3) is 3.34. The lowest BCUT2D eigenvalue weighted by Crippen LogP contribution is -2.52. The number of nitrogens with zero attached hydrogens (tertiary/aromatic N) is 2. The fourth-order valence-electron chi connectivity index (χ4n) is 4.48. The maximum atomic E-state index is 12.6. The van der Waals surface area contributed by atoms with Gasteiger partial charge in [-0.05, 0) is 43.4 Å². The van der Waals surface area contributed by atoms with Gasteiger partial charge in [0.25, 0.3) is 0 Å². The van der Waals surface area contributed by atoms with Gasteiger partial charge >= 0.3 is 0 Å². The van der Waals surface area contributed by atoms with Crippen LogP contribution < -0.4 is 5.32 Å². The number of aromatic nitrogens is 1. The highest BCUT2D eigenvalue weighted by molar-refractivity contribution is 5.91. The van der Waals surface area contributed by atoms with Crippen molar-refractivity contribution in [2.24, 2.45) is 11.8 Å². The molecule has 24 heavy (non-hydrogen) atoms. The smallest absolute Gasteiger partial charge is 0.230 e. The summed E-state index contributed by atoms with van der Waals surface area (Å²) in [6.45, 7) is 4.41. The van der Waals surface area contributed by atoms with Gasteiger partial charge in [0, 0.05) is 37.9 Å². The molecule has 0 spiro atoms. The van der Waals surface area contributed by atoms with E-state index in [0.717, 1.165) is 44.0 Å². The Hall–Kier alpha value is -1.42. The van der Waals surface area contributed by atoms with Crippen LogP contribution >= 0.6 is 0 Å². The lowest BCUT2D eigenvalue weighted by atomic mass is 9.95. The Morgan fingerprint density at radius 2 is 2.04 bits per heavy atom. The van der Waals surface area contributed by atoms with E-state index in [1.807, 2.05) is 18.3 Å². The number of hydrogen-bond acceptors (Lipinski definition) is 3. The van der Waals surface area contributed by atoms with Gasteiger partial charge in [0.2, 0.25) is 5.91 Å². The summed E-state index contributed by atoms with van der Waals surface area (Å²) in [6, 6.07) is 3.96. The highest BCUT2D eigenvalue weighted by Gasteiger charge is 2.51. The van der Waals surface area contributed by atoms with Crippen molar-refractivity contribution in [1.29, 1.82) is 0 Å². The molecule has 0 unspecified atom stereocenters. The third-order valence-corrected chi connectivity index (χ3v) is 6.31.